The predicted octanol–water partition coefficient (Wildman–Crippen LogP) is 1.65. The van der Waals surface area contributed by atoms with E-state index in [-0.39, 0.29) is 29.7 Å². The number of carbonyl (C=O) groups excluding carboxylic acids is 2. The Balaban J connectivity index is 1.55. The number of aromatic amines is 1. The van der Waals surface area contributed by atoms with Gasteiger partial charge in [0, 0.05) is 43.5 Å². The Bertz CT molecular complexity index is 1170. The van der Waals surface area contributed by atoms with E-state index in [2.05, 4.69) is 19.9 Å². The Labute approximate surface area is 197 Å². The molecular weight excluding hydrogens is 439 g/mol. The molecule has 0 aliphatic carbocycles. The average Bonchev–Trinajstić information content (AvgIpc) is 2.81. The van der Waals surface area contributed by atoms with Crippen LogP contribution < -0.4 is 10.7 Å². The minimum atomic E-state index is -0.778. The highest BCUT2D eigenvalue weighted by atomic mass is 19.1. The van der Waals surface area contributed by atoms with Gasteiger partial charge < -0.3 is 15.4 Å². The van der Waals surface area contributed by atoms with Gasteiger partial charge in [-0.05, 0) is 30.5 Å². The molecule has 2 aliphatic heterocycles. The third kappa shape index (κ3) is 5.35. The number of nitrogens with zero attached hydrogens (tertiary/aromatic N) is 4. The van der Waals surface area contributed by atoms with Crippen molar-refractivity contribution in [2.45, 2.75) is 20.3 Å². The second-order valence-corrected chi connectivity index (χ2v) is 8.38. The lowest BCUT2D eigenvalue weighted by molar-refractivity contribution is -0.362. The van der Waals surface area contributed by atoms with Crippen LogP contribution in [0.4, 0.5) is 10.2 Å². The number of aryl methyl sites for hydroxylation is 1. The fourth-order valence-corrected chi connectivity index (χ4v) is 3.97. The van der Waals surface area contributed by atoms with Gasteiger partial charge in [0.1, 0.15) is 17.7 Å². The molecule has 1 saturated heterocycles. The second-order valence-electron chi connectivity index (χ2n) is 8.38. The van der Waals surface area contributed by atoms with Gasteiger partial charge in [0.25, 0.3) is 5.91 Å². The van der Waals surface area contributed by atoms with E-state index < -0.39 is 5.91 Å². The summed E-state index contributed by atoms with van der Waals surface area (Å²) in [6, 6.07) is 4.69. The fourth-order valence-electron chi connectivity index (χ4n) is 3.97. The van der Waals surface area contributed by atoms with Crippen molar-refractivity contribution in [2.75, 3.05) is 39.4 Å². The van der Waals surface area contributed by atoms with Crippen LogP contribution in [0.1, 0.15) is 29.4 Å². The van der Waals surface area contributed by atoms with Crippen LogP contribution in [0.15, 0.2) is 41.2 Å². The molecule has 0 saturated carbocycles. The molecule has 1 aromatic carbocycles. The third-order valence-corrected chi connectivity index (χ3v) is 5.94. The van der Waals surface area contributed by atoms with E-state index in [4.69, 9.17) is 10.5 Å². The molecular formula is C24H28FN6O3+. The Kier molecular flexibility index (Phi) is 7.09. The number of ether oxygens (including phenoxy) is 1. The van der Waals surface area contributed by atoms with Gasteiger partial charge in [-0.3, -0.25) is 14.5 Å². The number of carbonyl (C=O) groups is 2. The highest BCUT2D eigenvalue weighted by Crippen LogP contribution is 2.23. The fraction of sp³-hybridized carbons (Fsp3) is 0.375. The van der Waals surface area contributed by atoms with Crippen molar-refractivity contribution in [2.24, 2.45) is 10.7 Å². The number of hydrogen-bond acceptors (Lipinski definition) is 6. The molecule has 4 rings (SSSR count). The maximum atomic E-state index is 14.0. The number of H-pyrrole nitrogens is 1. The van der Waals surface area contributed by atoms with Gasteiger partial charge >= 0.3 is 5.82 Å². The van der Waals surface area contributed by atoms with Crippen LogP contribution in [0.3, 0.4) is 0 Å². The molecule has 3 heterocycles. The number of aliphatic imine (C=N–C) groups is 1. The van der Waals surface area contributed by atoms with Gasteiger partial charge in [-0.1, -0.05) is 12.1 Å². The van der Waals surface area contributed by atoms with Crippen LogP contribution in [-0.2, 0) is 9.53 Å². The van der Waals surface area contributed by atoms with Crippen LogP contribution in [0.2, 0.25) is 0 Å². The van der Waals surface area contributed by atoms with E-state index >= 15 is 0 Å². The van der Waals surface area contributed by atoms with E-state index in [1.54, 1.807) is 24.0 Å². The summed E-state index contributed by atoms with van der Waals surface area (Å²) in [4.78, 5) is 40.6. The lowest BCUT2D eigenvalue weighted by atomic mass is 10.1. The zero-order valence-corrected chi connectivity index (χ0v) is 19.3. The largest absolute Gasteiger partial charge is 0.379 e. The van der Waals surface area contributed by atoms with Crippen molar-refractivity contribution in [1.82, 2.24) is 14.8 Å². The first-order valence-corrected chi connectivity index (χ1v) is 11.2. The molecule has 1 aromatic heterocycles. The SMILES string of the molecule is CC1=CC(=Nc2[nH+]cc(-c3ccc(C)c(F)c3)nc2C(N)=O)CC(=O)N1CCN1CCOCC1. The maximum Gasteiger partial charge on any atom is 0.352 e. The number of halogens is 1. The Morgan fingerprint density at radius 2 is 2.03 bits per heavy atom. The van der Waals surface area contributed by atoms with E-state index in [9.17, 15) is 14.0 Å². The first-order chi connectivity index (χ1) is 16.3. The number of nitrogens with one attached hydrogen (secondary N) is 1. The third-order valence-electron chi connectivity index (χ3n) is 5.94. The Morgan fingerprint density at radius 1 is 1.26 bits per heavy atom. The quantitative estimate of drug-likeness (QED) is 0.694. The van der Waals surface area contributed by atoms with E-state index in [0.717, 1.165) is 25.3 Å². The molecule has 9 nitrogen and oxygen atoms in total. The Hall–Kier alpha value is -3.50. The minimum Gasteiger partial charge on any atom is -0.379 e. The summed E-state index contributed by atoms with van der Waals surface area (Å²) in [7, 11) is 0. The molecule has 2 aromatic rings. The average molecular weight is 468 g/mol. The molecule has 0 spiro atoms. The number of benzene rings is 1. The maximum absolute atomic E-state index is 14.0. The van der Waals surface area contributed by atoms with Crippen LogP contribution in [0.5, 0.6) is 0 Å². The highest BCUT2D eigenvalue weighted by Gasteiger charge is 2.28. The second kappa shape index (κ2) is 10.2. The molecule has 10 heteroatoms. The van der Waals surface area contributed by atoms with Gasteiger partial charge in [-0.15, -0.1) is 0 Å². The predicted molar refractivity (Wildman–Crippen MR) is 124 cm³/mol. The lowest BCUT2D eigenvalue weighted by Crippen LogP contribution is -2.44. The standard InChI is InChI=1S/C24H27FN6O3/c1-15-3-4-17(12-19(15)25)20-14-27-24(22(29-20)23(26)33)28-18-11-16(2)31(21(32)13-18)6-5-30-7-9-34-10-8-30/h3-4,11-12,14H,5-10,13H2,1-2H3,(H2,26,33)/p+1. The topological polar surface area (TPSA) is 115 Å². The molecule has 34 heavy (non-hydrogen) atoms. The van der Waals surface area contributed by atoms with Crippen LogP contribution in [-0.4, -0.2) is 71.7 Å². The molecule has 2 aliphatic rings. The van der Waals surface area contributed by atoms with Crippen molar-refractivity contribution in [3.05, 3.63) is 53.2 Å². The number of aromatic nitrogens is 2. The highest BCUT2D eigenvalue weighted by molar-refractivity contribution is 6.11. The summed E-state index contributed by atoms with van der Waals surface area (Å²) >= 11 is 0. The van der Waals surface area contributed by atoms with Gasteiger partial charge in [-0.2, -0.15) is 0 Å². The van der Waals surface area contributed by atoms with Crippen molar-refractivity contribution in [1.29, 1.82) is 0 Å². The molecule has 3 N–H and O–H groups in total. The van der Waals surface area contributed by atoms with Gasteiger partial charge in [0.05, 0.1) is 19.6 Å². The molecule has 0 bridgehead atoms. The monoisotopic (exact) mass is 467 g/mol. The summed E-state index contributed by atoms with van der Waals surface area (Å²) in [5.41, 5.74) is 8.10. The summed E-state index contributed by atoms with van der Waals surface area (Å²) < 4.78 is 19.3. The van der Waals surface area contributed by atoms with E-state index in [0.29, 0.717) is 42.3 Å². The normalized spacial score (nSPS) is 18.3. The number of allylic oxidation sites excluding steroid dienone is 2. The van der Waals surface area contributed by atoms with Crippen molar-refractivity contribution < 1.29 is 23.7 Å². The number of rotatable bonds is 6. The van der Waals surface area contributed by atoms with Crippen LogP contribution >= 0.6 is 0 Å². The number of amides is 2. The van der Waals surface area contributed by atoms with Gasteiger partial charge in [0.2, 0.25) is 11.6 Å². The smallest absolute Gasteiger partial charge is 0.352 e. The lowest BCUT2D eigenvalue weighted by Gasteiger charge is -2.31. The van der Waals surface area contributed by atoms with Crippen molar-refractivity contribution in [3.63, 3.8) is 0 Å². The number of morpholine rings is 1. The minimum absolute atomic E-state index is 0.0626. The Morgan fingerprint density at radius 3 is 2.71 bits per heavy atom. The van der Waals surface area contributed by atoms with Crippen LogP contribution in [0.25, 0.3) is 11.3 Å². The van der Waals surface area contributed by atoms with Gasteiger partial charge in [-0.25, -0.2) is 14.4 Å². The first kappa shape index (κ1) is 23.7. The van der Waals surface area contributed by atoms with Crippen LogP contribution in [0, 0.1) is 12.7 Å². The van der Waals surface area contributed by atoms with Crippen molar-refractivity contribution >= 4 is 23.3 Å². The van der Waals surface area contributed by atoms with Gasteiger partial charge in [0.15, 0.2) is 5.71 Å². The van der Waals surface area contributed by atoms with Crippen molar-refractivity contribution in [3.8, 4) is 11.3 Å². The molecule has 0 radical (unpaired) electrons. The summed E-state index contributed by atoms with van der Waals surface area (Å²) in [5.74, 6) is -1.06. The number of primary amides is 1. The number of nitrogens with two attached hydrogens (primary N) is 1. The van der Waals surface area contributed by atoms with E-state index in [1.807, 2.05) is 13.0 Å². The number of hydrogen-bond donors (Lipinski definition) is 1. The molecule has 0 unspecified atom stereocenters. The zero-order chi connectivity index (χ0) is 24.2. The summed E-state index contributed by atoms with van der Waals surface area (Å²) in [5, 5.41) is 0. The molecule has 178 valence electrons. The summed E-state index contributed by atoms with van der Waals surface area (Å²) in [6.07, 6.45) is 3.45. The molecule has 2 amide bonds. The first-order valence-electron chi connectivity index (χ1n) is 11.2. The van der Waals surface area contributed by atoms with E-state index in [1.165, 1.54) is 12.3 Å². The molecule has 1 fully saturated rings. The molecule has 0 atom stereocenters. The summed E-state index contributed by atoms with van der Waals surface area (Å²) in [6.45, 7) is 8.04. The zero-order valence-electron chi connectivity index (χ0n) is 19.3.